The van der Waals surface area contributed by atoms with Crippen molar-refractivity contribution >= 4 is 0 Å². The fraction of sp³-hybridized carbons (Fsp3) is 0.500. The Balaban J connectivity index is 2.79. The zero-order valence-corrected chi connectivity index (χ0v) is 9.54. The summed E-state index contributed by atoms with van der Waals surface area (Å²) in [7, 11) is 0. The summed E-state index contributed by atoms with van der Waals surface area (Å²) in [5.41, 5.74) is 0.574. The van der Waals surface area contributed by atoms with Crippen LogP contribution in [-0.2, 0) is 0 Å². The van der Waals surface area contributed by atoms with Gasteiger partial charge in [0.1, 0.15) is 0 Å². The van der Waals surface area contributed by atoms with Gasteiger partial charge in [-0.25, -0.2) is 0 Å². The lowest BCUT2D eigenvalue weighted by Gasteiger charge is -2.23. The van der Waals surface area contributed by atoms with Crippen molar-refractivity contribution in [3.63, 3.8) is 0 Å². The van der Waals surface area contributed by atoms with Crippen molar-refractivity contribution in [1.82, 2.24) is 5.32 Å². The lowest BCUT2D eigenvalue weighted by molar-refractivity contribution is -0.141. The third kappa shape index (κ3) is 5.19. The molecule has 1 rings (SSSR count). The van der Waals surface area contributed by atoms with E-state index in [-0.39, 0.29) is 12.6 Å². The molecule has 0 aromatic heterocycles. The molecule has 0 heterocycles. The van der Waals surface area contributed by atoms with Gasteiger partial charge in [-0.2, -0.15) is 13.2 Å². The smallest absolute Gasteiger partial charge is 0.390 e. The van der Waals surface area contributed by atoms with Crippen LogP contribution in [-0.4, -0.2) is 23.9 Å². The first-order chi connectivity index (χ1) is 7.92. The number of hydrogen-bond acceptors (Lipinski definition) is 2. The van der Waals surface area contributed by atoms with Crippen molar-refractivity contribution in [2.45, 2.75) is 31.6 Å². The minimum Gasteiger partial charge on any atom is -0.395 e. The first kappa shape index (κ1) is 14.0. The van der Waals surface area contributed by atoms with Crippen LogP contribution in [0.3, 0.4) is 0 Å². The molecule has 0 amide bonds. The van der Waals surface area contributed by atoms with E-state index in [9.17, 15) is 13.2 Å². The summed E-state index contributed by atoms with van der Waals surface area (Å²) >= 11 is 0. The highest BCUT2D eigenvalue weighted by atomic mass is 19.4. The molecule has 2 N–H and O–H groups in total. The summed E-state index contributed by atoms with van der Waals surface area (Å²) in [6.07, 6.45) is -5.18. The van der Waals surface area contributed by atoms with Crippen LogP contribution in [0.4, 0.5) is 13.2 Å². The molecule has 1 aromatic rings. The predicted octanol–water partition coefficient (Wildman–Crippen LogP) is 2.65. The lowest BCUT2D eigenvalue weighted by atomic mass is 10.0. The molecule has 0 radical (unpaired) electrons. The summed E-state index contributed by atoms with van der Waals surface area (Å²) in [6.45, 7) is 1.45. The summed E-state index contributed by atoms with van der Waals surface area (Å²) in [5.74, 6) is 0. The zero-order chi connectivity index (χ0) is 12.9. The van der Waals surface area contributed by atoms with E-state index in [1.807, 2.05) is 0 Å². The van der Waals surface area contributed by atoms with Gasteiger partial charge in [-0.3, -0.25) is 0 Å². The third-order valence-corrected chi connectivity index (χ3v) is 2.40. The maximum atomic E-state index is 12.4. The van der Waals surface area contributed by atoms with Gasteiger partial charge in [-0.1, -0.05) is 30.3 Å². The lowest BCUT2D eigenvalue weighted by Crippen LogP contribution is -2.35. The Morgan fingerprint density at radius 2 is 1.82 bits per heavy atom. The van der Waals surface area contributed by atoms with Crippen molar-refractivity contribution in [3.8, 4) is 0 Å². The van der Waals surface area contributed by atoms with E-state index in [1.54, 1.807) is 37.3 Å². The Bertz CT molecular complexity index is 326. The Morgan fingerprint density at radius 3 is 2.29 bits per heavy atom. The highest BCUT2D eigenvalue weighted by Gasteiger charge is 2.32. The molecule has 96 valence electrons. The van der Waals surface area contributed by atoms with Crippen LogP contribution < -0.4 is 5.32 Å². The van der Waals surface area contributed by atoms with E-state index in [0.717, 1.165) is 0 Å². The molecular weight excluding hydrogens is 231 g/mol. The van der Waals surface area contributed by atoms with Crippen molar-refractivity contribution in [3.05, 3.63) is 35.9 Å². The van der Waals surface area contributed by atoms with Crippen LogP contribution in [0.25, 0.3) is 0 Å². The highest BCUT2D eigenvalue weighted by Crippen LogP contribution is 2.29. The highest BCUT2D eigenvalue weighted by molar-refractivity contribution is 5.19. The molecule has 0 aliphatic rings. The molecule has 0 aliphatic carbocycles. The van der Waals surface area contributed by atoms with Crippen LogP contribution >= 0.6 is 0 Å². The van der Waals surface area contributed by atoms with Gasteiger partial charge in [-0.05, 0) is 12.5 Å². The number of halogens is 3. The molecule has 0 spiro atoms. The van der Waals surface area contributed by atoms with Gasteiger partial charge in [0.25, 0.3) is 0 Å². The van der Waals surface area contributed by atoms with Crippen molar-refractivity contribution in [1.29, 1.82) is 0 Å². The molecule has 17 heavy (non-hydrogen) atoms. The molecule has 2 atom stereocenters. The van der Waals surface area contributed by atoms with Crippen LogP contribution in [0.15, 0.2) is 30.3 Å². The number of alkyl halides is 3. The summed E-state index contributed by atoms with van der Waals surface area (Å²) in [6, 6.07) is 7.25. The van der Waals surface area contributed by atoms with Crippen LogP contribution in [0.1, 0.15) is 24.9 Å². The predicted molar refractivity (Wildman–Crippen MR) is 59.5 cm³/mol. The molecule has 0 fully saturated rings. The van der Waals surface area contributed by atoms with E-state index in [1.165, 1.54) is 0 Å². The molecule has 1 unspecified atom stereocenters. The minimum absolute atomic E-state index is 0.193. The second-order valence-corrected chi connectivity index (χ2v) is 4.03. The number of nitrogens with one attached hydrogen (secondary N) is 1. The maximum absolute atomic E-state index is 12.4. The van der Waals surface area contributed by atoms with Gasteiger partial charge in [0.15, 0.2) is 0 Å². The fourth-order valence-corrected chi connectivity index (χ4v) is 1.59. The number of aliphatic hydroxyl groups is 1. The molecular formula is C12H16F3NO. The second kappa shape index (κ2) is 6.02. The van der Waals surface area contributed by atoms with E-state index >= 15 is 0 Å². The quantitative estimate of drug-likeness (QED) is 0.838. The number of hydrogen-bond donors (Lipinski definition) is 2. The third-order valence-electron chi connectivity index (χ3n) is 2.40. The van der Waals surface area contributed by atoms with E-state index in [4.69, 9.17) is 5.11 Å². The van der Waals surface area contributed by atoms with Gasteiger partial charge < -0.3 is 10.4 Å². The first-order valence-electron chi connectivity index (χ1n) is 5.41. The molecule has 0 bridgehead atoms. The maximum Gasteiger partial charge on any atom is 0.390 e. The molecule has 5 heteroatoms. The monoisotopic (exact) mass is 247 g/mol. The van der Waals surface area contributed by atoms with Crippen LogP contribution in [0, 0.1) is 0 Å². The number of rotatable bonds is 5. The summed E-state index contributed by atoms with van der Waals surface area (Å²) in [4.78, 5) is 0. The normalized spacial score (nSPS) is 15.6. The van der Waals surface area contributed by atoms with E-state index < -0.39 is 18.6 Å². The average Bonchev–Trinajstić information content (AvgIpc) is 2.27. The average molecular weight is 247 g/mol. The van der Waals surface area contributed by atoms with Gasteiger partial charge in [0.2, 0.25) is 0 Å². The Labute approximate surface area is 98.5 Å². The zero-order valence-electron chi connectivity index (χ0n) is 9.54. The Kier molecular flexibility index (Phi) is 4.96. The summed E-state index contributed by atoms with van der Waals surface area (Å²) in [5, 5.41) is 11.7. The van der Waals surface area contributed by atoms with Crippen molar-refractivity contribution < 1.29 is 18.3 Å². The number of benzene rings is 1. The van der Waals surface area contributed by atoms with E-state index in [0.29, 0.717) is 5.56 Å². The topological polar surface area (TPSA) is 32.3 Å². The molecule has 0 aliphatic heterocycles. The van der Waals surface area contributed by atoms with Crippen molar-refractivity contribution in [2.24, 2.45) is 0 Å². The molecule has 0 saturated carbocycles. The largest absolute Gasteiger partial charge is 0.395 e. The van der Waals surface area contributed by atoms with Gasteiger partial charge in [0, 0.05) is 12.1 Å². The van der Waals surface area contributed by atoms with Gasteiger partial charge in [-0.15, -0.1) is 0 Å². The minimum atomic E-state index is -4.23. The van der Waals surface area contributed by atoms with Gasteiger partial charge in [0.05, 0.1) is 13.0 Å². The van der Waals surface area contributed by atoms with Crippen molar-refractivity contribution in [2.75, 3.05) is 6.61 Å². The summed E-state index contributed by atoms with van der Waals surface area (Å²) < 4.78 is 37.3. The fourth-order valence-electron chi connectivity index (χ4n) is 1.59. The van der Waals surface area contributed by atoms with E-state index in [2.05, 4.69) is 5.32 Å². The molecule has 2 nitrogen and oxygen atoms in total. The Hall–Kier alpha value is -1.07. The first-order valence-corrected chi connectivity index (χ1v) is 5.41. The second-order valence-electron chi connectivity index (χ2n) is 4.03. The number of aliphatic hydroxyl groups excluding tert-OH is 1. The van der Waals surface area contributed by atoms with Crippen LogP contribution in [0.5, 0.6) is 0 Å². The molecule has 0 saturated heterocycles. The Morgan fingerprint density at radius 1 is 1.24 bits per heavy atom. The standard InChI is InChI=1S/C12H16F3NO/c1-9(8-17)16-11(7-12(13,14)15)10-5-3-2-4-6-10/h2-6,9,11,16-17H,7-8H2,1H3/t9-,11?/m1/s1. The van der Waals surface area contributed by atoms with Gasteiger partial charge >= 0.3 is 6.18 Å². The SMILES string of the molecule is C[C@H](CO)NC(CC(F)(F)F)c1ccccc1. The molecule has 1 aromatic carbocycles. The van der Waals surface area contributed by atoms with Crippen LogP contribution in [0.2, 0.25) is 0 Å².